The van der Waals surface area contributed by atoms with Gasteiger partial charge in [-0.05, 0) is 26.0 Å². The molecule has 190 valence electrons. The van der Waals surface area contributed by atoms with Gasteiger partial charge in [0.05, 0.1) is 18.9 Å². The standard InChI is InChI=1S/C22H25F3N4O6/c1-22(2,32)16-7-10(35-27-16)6-14-21(33-3)19(20(31)15(9-30)34-14)29-8-13(26-28-29)11-4-5-12(23)18(25)17(11)24/h4-5,7-8,14-15,19-21,30-32H,6,9H2,1-3H3/t14-,15-,19+,20+,21+/m1/s1. The molecule has 4 rings (SSSR count). The predicted molar refractivity (Wildman–Crippen MR) is 112 cm³/mol. The first-order valence-electron chi connectivity index (χ1n) is 10.8. The summed E-state index contributed by atoms with van der Waals surface area (Å²) in [6, 6.07) is 2.40. The molecular weight excluding hydrogens is 473 g/mol. The highest BCUT2D eigenvalue weighted by atomic mass is 19.2. The van der Waals surface area contributed by atoms with E-state index in [4.69, 9.17) is 14.0 Å². The Morgan fingerprint density at radius 2 is 1.91 bits per heavy atom. The van der Waals surface area contributed by atoms with Crippen molar-refractivity contribution < 1.29 is 42.5 Å². The molecule has 35 heavy (non-hydrogen) atoms. The molecule has 1 aliphatic rings. The molecule has 0 bridgehead atoms. The van der Waals surface area contributed by atoms with Crippen LogP contribution < -0.4 is 0 Å². The molecule has 1 fully saturated rings. The molecule has 13 heteroatoms. The molecule has 10 nitrogen and oxygen atoms in total. The molecule has 1 aliphatic heterocycles. The average molecular weight is 498 g/mol. The summed E-state index contributed by atoms with van der Waals surface area (Å²) in [6.45, 7) is 2.57. The first-order valence-corrected chi connectivity index (χ1v) is 10.8. The van der Waals surface area contributed by atoms with Crippen LogP contribution in [-0.4, -0.2) is 73.6 Å². The van der Waals surface area contributed by atoms with Gasteiger partial charge in [-0.3, -0.25) is 0 Å². The minimum absolute atomic E-state index is 0.0999. The van der Waals surface area contributed by atoms with E-state index in [-0.39, 0.29) is 17.7 Å². The monoisotopic (exact) mass is 498 g/mol. The van der Waals surface area contributed by atoms with E-state index >= 15 is 0 Å². The lowest BCUT2D eigenvalue weighted by Crippen LogP contribution is -2.57. The van der Waals surface area contributed by atoms with Crippen molar-refractivity contribution in [2.45, 2.75) is 56.3 Å². The Labute approximate surface area is 197 Å². The summed E-state index contributed by atoms with van der Waals surface area (Å²) in [7, 11) is 1.38. The lowest BCUT2D eigenvalue weighted by Gasteiger charge is -2.43. The third-order valence-electron chi connectivity index (χ3n) is 5.95. The highest BCUT2D eigenvalue weighted by molar-refractivity contribution is 5.58. The number of aromatic nitrogens is 4. The van der Waals surface area contributed by atoms with Crippen LogP contribution >= 0.6 is 0 Å². The van der Waals surface area contributed by atoms with Gasteiger partial charge in [-0.25, -0.2) is 17.9 Å². The highest BCUT2D eigenvalue weighted by Crippen LogP contribution is 2.35. The number of aliphatic hydroxyl groups excluding tert-OH is 2. The molecule has 1 aromatic carbocycles. The Bertz CT molecular complexity index is 1180. The summed E-state index contributed by atoms with van der Waals surface area (Å²) in [5, 5.41) is 42.4. The second kappa shape index (κ2) is 9.66. The number of rotatable bonds is 7. The number of nitrogens with zero attached hydrogens (tertiary/aromatic N) is 4. The van der Waals surface area contributed by atoms with Gasteiger partial charge in [-0.2, -0.15) is 0 Å². The summed E-state index contributed by atoms with van der Waals surface area (Å²) in [4.78, 5) is 0. The van der Waals surface area contributed by atoms with Gasteiger partial charge >= 0.3 is 0 Å². The Hall–Kier alpha value is -2.84. The molecule has 0 spiro atoms. The quantitative estimate of drug-likeness (QED) is 0.414. The van der Waals surface area contributed by atoms with E-state index in [2.05, 4.69) is 15.5 Å². The van der Waals surface area contributed by atoms with Gasteiger partial charge in [-0.1, -0.05) is 10.4 Å². The summed E-state index contributed by atoms with van der Waals surface area (Å²) in [6.07, 6.45) is -2.60. The minimum atomic E-state index is -1.64. The van der Waals surface area contributed by atoms with Crippen molar-refractivity contribution in [3.63, 3.8) is 0 Å². The maximum Gasteiger partial charge on any atom is 0.195 e. The normalized spacial score (nSPS) is 25.2. The van der Waals surface area contributed by atoms with Crippen LogP contribution in [0.1, 0.15) is 31.3 Å². The third kappa shape index (κ3) is 4.82. The van der Waals surface area contributed by atoms with Gasteiger partial charge < -0.3 is 29.3 Å². The smallest absolute Gasteiger partial charge is 0.195 e. The van der Waals surface area contributed by atoms with Crippen LogP contribution in [-0.2, 0) is 21.5 Å². The van der Waals surface area contributed by atoms with Gasteiger partial charge in [-0.15, -0.1) is 5.10 Å². The molecule has 5 atom stereocenters. The van der Waals surface area contributed by atoms with Crippen molar-refractivity contribution in [2.24, 2.45) is 0 Å². The summed E-state index contributed by atoms with van der Waals surface area (Å²) < 4.78 is 59.3. The Balaban J connectivity index is 1.66. The van der Waals surface area contributed by atoms with Crippen LogP contribution in [0.25, 0.3) is 11.3 Å². The largest absolute Gasteiger partial charge is 0.394 e. The van der Waals surface area contributed by atoms with Crippen LogP contribution in [0.2, 0.25) is 0 Å². The molecule has 3 aromatic rings. The third-order valence-corrected chi connectivity index (χ3v) is 5.95. The van der Waals surface area contributed by atoms with E-state index in [1.165, 1.54) is 18.0 Å². The first-order chi connectivity index (χ1) is 16.5. The van der Waals surface area contributed by atoms with Gasteiger partial charge in [0.25, 0.3) is 0 Å². The molecule has 0 saturated carbocycles. The summed E-state index contributed by atoms with van der Waals surface area (Å²) in [5.41, 5.74) is -1.34. The van der Waals surface area contributed by atoms with Crippen LogP contribution in [0.3, 0.4) is 0 Å². The van der Waals surface area contributed by atoms with E-state index in [0.29, 0.717) is 11.5 Å². The van der Waals surface area contributed by atoms with Gasteiger partial charge in [0.1, 0.15) is 47.1 Å². The maximum atomic E-state index is 14.3. The molecule has 0 amide bonds. The number of ether oxygens (including phenoxy) is 2. The fourth-order valence-corrected chi connectivity index (χ4v) is 4.10. The molecule has 0 aliphatic carbocycles. The first kappa shape index (κ1) is 25.3. The molecule has 0 unspecified atom stereocenters. The van der Waals surface area contributed by atoms with Crippen LogP contribution in [0.5, 0.6) is 0 Å². The molecular formula is C22H25F3N4O6. The van der Waals surface area contributed by atoms with Crippen molar-refractivity contribution in [1.82, 2.24) is 20.2 Å². The lowest BCUT2D eigenvalue weighted by atomic mass is 9.90. The lowest BCUT2D eigenvalue weighted by molar-refractivity contribution is -0.212. The Kier molecular flexibility index (Phi) is 6.97. The Morgan fingerprint density at radius 1 is 1.17 bits per heavy atom. The molecule has 1 saturated heterocycles. The second-order valence-corrected chi connectivity index (χ2v) is 8.83. The van der Waals surface area contributed by atoms with Crippen molar-refractivity contribution in [2.75, 3.05) is 13.7 Å². The van der Waals surface area contributed by atoms with E-state index in [1.54, 1.807) is 19.9 Å². The zero-order valence-electron chi connectivity index (χ0n) is 19.1. The predicted octanol–water partition coefficient (Wildman–Crippen LogP) is 1.50. The number of benzene rings is 1. The van der Waals surface area contributed by atoms with Gasteiger partial charge in [0.2, 0.25) is 0 Å². The minimum Gasteiger partial charge on any atom is -0.394 e. The highest BCUT2D eigenvalue weighted by Gasteiger charge is 2.47. The molecule has 3 N–H and O–H groups in total. The second-order valence-electron chi connectivity index (χ2n) is 8.83. The zero-order chi connectivity index (χ0) is 25.5. The number of aliphatic hydroxyl groups is 3. The van der Waals surface area contributed by atoms with E-state index in [9.17, 15) is 28.5 Å². The summed E-state index contributed by atoms with van der Waals surface area (Å²) in [5.74, 6) is -4.04. The SMILES string of the molecule is CO[C@@H]1[C@@H](n2cc(-c3ccc(F)c(F)c3F)nn2)[C@@H](O)[C@@H](CO)O[C@@H]1Cc1cc(C(C)(C)O)no1. The van der Waals surface area contributed by atoms with Crippen molar-refractivity contribution in [3.05, 3.63) is 53.3 Å². The van der Waals surface area contributed by atoms with Crippen LogP contribution in [0.15, 0.2) is 28.9 Å². The van der Waals surface area contributed by atoms with Crippen LogP contribution in [0, 0.1) is 17.5 Å². The average Bonchev–Trinajstić information content (AvgIpc) is 3.48. The summed E-state index contributed by atoms with van der Waals surface area (Å²) >= 11 is 0. The molecule has 2 aromatic heterocycles. The molecule has 3 heterocycles. The van der Waals surface area contributed by atoms with E-state index < -0.39 is 60.1 Å². The van der Waals surface area contributed by atoms with E-state index in [0.717, 1.165) is 12.1 Å². The molecule has 0 radical (unpaired) electrons. The van der Waals surface area contributed by atoms with E-state index in [1.807, 2.05) is 0 Å². The fourth-order valence-electron chi connectivity index (χ4n) is 4.10. The zero-order valence-corrected chi connectivity index (χ0v) is 19.1. The Morgan fingerprint density at radius 3 is 2.54 bits per heavy atom. The van der Waals surface area contributed by atoms with Crippen molar-refractivity contribution in [3.8, 4) is 11.3 Å². The fraction of sp³-hybridized carbons (Fsp3) is 0.500. The number of hydrogen-bond donors (Lipinski definition) is 3. The topological polar surface area (TPSA) is 136 Å². The number of halogens is 3. The number of hydrogen-bond acceptors (Lipinski definition) is 9. The van der Waals surface area contributed by atoms with Gasteiger partial charge in [0, 0.05) is 25.2 Å². The van der Waals surface area contributed by atoms with Gasteiger partial charge in [0.15, 0.2) is 17.5 Å². The number of methoxy groups -OCH3 is 1. The maximum absolute atomic E-state index is 14.3. The van der Waals surface area contributed by atoms with Crippen LogP contribution in [0.4, 0.5) is 13.2 Å². The van der Waals surface area contributed by atoms with Crippen molar-refractivity contribution in [1.29, 1.82) is 0 Å². The van der Waals surface area contributed by atoms with Crippen molar-refractivity contribution >= 4 is 0 Å².